The van der Waals surface area contributed by atoms with E-state index in [-0.39, 0.29) is 11.9 Å². The van der Waals surface area contributed by atoms with Crippen LogP contribution in [0.4, 0.5) is 0 Å². The van der Waals surface area contributed by atoms with Gasteiger partial charge >= 0.3 is 8.80 Å². The summed E-state index contributed by atoms with van der Waals surface area (Å²) in [6.45, 7) is 13.9. The van der Waals surface area contributed by atoms with Gasteiger partial charge in [0.25, 0.3) is 14.3 Å². The van der Waals surface area contributed by atoms with E-state index in [0.717, 1.165) is 24.9 Å². The average Bonchev–Trinajstić information content (AvgIpc) is 2.76. The number of hydrogen-bond donors (Lipinski definition) is 0. The molecule has 0 heterocycles. The fourth-order valence-electron chi connectivity index (χ4n) is 5.02. The number of unbranched alkanes of at least 4 members (excludes halogenated alkanes) is 2. The molecule has 1 rings (SSSR count). The molecule has 0 bridgehead atoms. The van der Waals surface area contributed by atoms with Gasteiger partial charge in [0.05, 0.1) is 5.92 Å². The molecular formula is C24H50O5Si2. The molecule has 0 amide bonds. The van der Waals surface area contributed by atoms with Crippen LogP contribution in [0.5, 0.6) is 0 Å². The summed E-state index contributed by atoms with van der Waals surface area (Å²) >= 11 is 0. The Morgan fingerprint density at radius 1 is 0.839 bits per heavy atom. The monoisotopic (exact) mass is 474 g/mol. The van der Waals surface area contributed by atoms with E-state index < -0.39 is 17.1 Å². The first kappa shape index (κ1) is 28.8. The molecule has 31 heavy (non-hydrogen) atoms. The van der Waals surface area contributed by atoms with Crippen molar-refractivity contribution in [2.45, 2.75) is 123 Å². The van der Waals surface area contributed by atoms with Crippen molar-refractivity contribution in [3.05, 3.63) is 0 Å². The molecule has 0 N–H and O–H groups in total. The molecule has 0 radical (unpaired) electrons. The van der Waals surface area contributed by atoms with Gasteiger partial charge in [0.2, 0.25) is 0 Å². The highest BCUT2D eigenvalue weighted by molar-refractivity contribution is 6.76. The van der Waals surface area contributed by atoms with Gasteiger partial charge in [-0.1, -0.05) is 65.7 Å². The topological polar surface area (TPSA) is 54.0 Å². The van der Waals surface area contributed by atoms with Gasteiger partial charge in [0.1, 0.15) is 0 Å². The first-order chi connectivity index (χ1) is 14.9. The zero-order chi connectivity index (χ0) is 23.2. The molecule has 5 nitrogen and oxygen atoms in total. The van der Waals surface area contributed by atoms with Crippen molar-refractivity contribution < 1.29 is 22.5 Å². The van der Waals surface area contributed by atoms with Crippen LogP contribution in [0.2, 0.25) is 23.7 Å². The largest absolute Gasteiger partial charge is 0.519 e. The fourth-order valence-corrected chi connectivity index (χ4v) is 13.3. The molecule has 0 aromatic heterocycles. The third-order valence-electron chi connectivity index (χ3n) is 6.61. The Morgan fingerprint density at radius 2 is 1.32 bits per heavy atom. The molecule has 1 unspecified atom stereocenters. The maximum Gasteiger partial charge on any atom is 0.501 e. The highest BCUT2D eigenvalue weighted by Crippen LogP contribution is 2.44. The summed E-state index contributed by atoms with van der Waals surface area (Å²) in [6, 6.07) is 2.74. The lowest BCUT2D eigenvalue weighted by Crippen LogP contribution is -2.50. The van der Waals surface area contributed by atoms with Crippen molar-refractivity contribution in [1.82, 2.24) is 0 Å². The quantitative estimate of drug-likeness (QED) is 0.211. The van der Waals surface area contributed by atoms with E-state index in [1.54, 1.807) is 0 Å². The van der Waals surface area contributed by atoms with Gasteiger partial charge in [-0.15, -0.1) is 0 Å². The van der Waals surface area contributed by atoms with Crippen LogP contribution in [-0.4, -0.2) is 42.9 Å². The minimum atomic E-state index is -2.87. The van der Waals surface area contributed by atoms with Crippen molar-refractivity contribution in [2.75, 3.05) is 19.8 Å². The Morgan fingerprint density at radius 3 is 1.74 bits per heavy atom. The van der Waals surface area contributed by atoms with Gasteiger partial charge in [0, 0.05) is 25.9 Å². The van der Waals surface area contributed by atoms with Crippen LogP contribution in [0.15, 0.2) is 0 Å². The fraction of sp³-hybridized carbons (Fsp3) is 0.958. The lowest BCUT2D eigenvalue weighted by atomic mass is 10.0. The Hall–Kier alpha value is -0.216. The molecule has 1 fully saturated rings. The summed E-state index contributed by atoms with van der Waals surface area (Å²) in [7, 11) is -5.02. The van der Waals surface area contributed by atoms with Crippen LogP contribution in [0.3, 0.4) is 0 Å². The summed E-state index contributed by atoms with van der Waals surface area (Å²) in [5.41, 5.74) is 0.628. The normalized spacial score (nSPS) is 17.0. The second-order valence-corrected chi connectivity index (χ2v) is 15.9. The predicted molar refractivity (Wildman–Crippen MR) is 133 cm³/mol. The molecule has 1 aliphatic rings. The highest BCUT2D eigenvalue weighted by atomic mass is 28.4. The van der Waals surface area contributed by atoms with E-state index in [1.807, 2.05) is 27.7 Å². The predicted octanol–water partition coefficient (Wildman–Crippen LogP) is 7.09. The van der Waals surface area contributed by atoms with Gasteiger partial charge in [-0.25, -0.2) is 0 Å². The molecule has 0 saturated heterocycles. The summed E-state index contributed by atoms with van der Waals surface area (Å²) < 4.78 is 24.7. The number of rotatable bonds is 17. The van der Waals surface area contributed by atoms with E-state index in [9.17, 15) is 4.79 Å². The minimum absolute atomic E-state index is 0.0413. The minimum Gasteiger partial charge on any atom is -0.519 e. The Balaban J connectivity index is 3.04. The summed E-state index contributed by atoms with van der Waals surface area (Å²) in [5, 5.41) is 0. The van der Waals surface area contributed by atoms with E-state index in [1.165, 1.54) is 44.9 Å². The number of carbonyl (C=O) groups is 1. The van der Waals surface area contributed by atoms with Crippen LogP contribution in [-0.2, 0) is 22.5 Å². The second kappa shape index (κ2) is 15.6. The molecular weight excluding hydrogens is 424 g/mol. The molecule has 1 saturated carbocycles. The van der Waals surface area contributed by atoms with E-state index >= 15 is 0 Å². The van der Waals surface area contributed by atoms with Crippen molar-refractivity contribution >= 4 is 23.1 Å². The third kappa shape index (κ3) is 9.28. The summed E-state index contributed by atoms with van der Waals surface area (Å²) in [4.78, 5) is 13.5. The van der Waals surface area contributed by atoms with Crippen LogP contribution in [0, 0.1) is 5.92 Å². The molecule has 0 aliphatic heterocycles. The standard InChI is InChI=1S/C24H50O5Si2/c1-7-12-19-30(20-13-8-2,23-17-15-14-16-18-23)29-24(25)22(6)21-31(26-9-3,27-10-4)28-11-5/h22-23H,7-21H2,1-6H3. The molecule has 1 atom stereocenters. The molecule has 184 valence electrons. The van der Waals surface area contributed by atoms with Crippen molar-refractivity contribution in [1.29, 1.82) is 0 Å². The Bertz CT molecular complexity index is 458. The third-order valence-corrected chi connectivity index (χ3v) is 15.0. The van der Waals surface area contributed by atoms with Gasteiger partial charge in [-0.3, -0.25) is 4.79 Å². The lowest BCUT2D eigenvalue weighted by molar-refractivity contribution is -0.139. The van der Waals surface area contributed by atoms with Gasteiger partial charge in [0.15, 0.2) is 0 Å². The molecule has 0 aromatic carbocycles. The summed E-state index contributed by atoms with van der Waals surface area (Å²) in [5.74, 6) is -0.310. The van der Waals surface area contributed by atoms with E-state index in [2.05, 4.69) is 13.8 Å². The second-order valence-electron chi connectivity index (χ2n) is 9.12. The Labute approximate surface area is 194 Å². The maximum atomic E-state index is 13.5. The maximum absolute atomic E-state index is 13.5. The van der Waals surface area contributed by atoms with Gasteiger partial charge < -0.3 is 17.7 Å². The first-order valence-corrected chi connectivity index (χ1v) is 17.4. The number of carbonyl (C=O) groups excluding carboxylic acids is 1. The van der Waals surface area contributed by atoms with Crippen molar-refractivity contribution in [2.24, 2.45) is 5.92 Å². The Kier molecular flexibility index (Phi) is 14.5. The SMILES string of the molecule is CCCC[Si](CCCC)(OC(=O)C(C)C[Si](OCC)(OCC)OCC)C1CCCCC1. The molecule has 7 heteroatoms. The zero-order valence-corrected chi connectivity index (χ0v) is 23.3. The smallest absolute Gasteiger partial charge is 0.501 e. The molecule has 1 aliphatic carbocycles. The van der Waals surface area contributed by atoms with Crippen molar-refractivity contribution in [3.8, 4) is 0 Å². The molecule has 0 aromatic rings. The summed E-state index contributed by atoms with van der Waals surface area (Å²) in [6.07, 6.45) is 11.1. The number of hydrogen-bond acceptors (Lipinski definition) is 5. The van der Waals surface area contributed by atoms with Gasteiger partial charge in [-0.05, 0) is 51.2 Å². The van der Waals surface area contributed by atoms with E-state index in [4.69, 9.17) is 17.7 Å². The van der Waals surface area contributed by atoms with Crippen LogP contribution in [0.25, 0.3) is 0 Å². The molecule has 0 spiro atoms. The highest BCUT2D eigenvalue weighted by Gasteiger charge is 2.48. The van der Waals surface area contributed by atoms with Crippen LogP contribution in [0.1, 0.15) is 99.3 Å². The van der Waals surface area contributed by atoms with Crippen LogP contribution >= 0.6 is 0 Å². The lowest BCUT2D eigenvalue weighted by Gasteiger charge is -2.41. The zero-order valence-electron chi connectivity index (χ0n) is 21.3. The van der Waals surface area contributed by atoms with Crippen LogP contribution < -0.4 is 0 Å². The van der Waals surface area contributed by atoms with Crippen molar-refractivity contribution in [3.63, 3.8) is 0 Å². The average molecular weight is 475 g/mol. The first-order valence-electron chi connectivity index (χ1n) is 13.1. The van der Waals surface area contributed by atoms with Gasteiger partial charge in [-0.2, -0.15) is 0 Å². The van der Waals surface area contributed by atoms with E-state index in [0.29, 0.717) is 31.4 Å².